The second-order valence-electron chi connectivity index (χ2n) is 7.04. The number of benzene rings is 2. The molecule has 0 aliphatic rings. The standard InChI is InChI=1S/C24H19N5O6/c1-33-21-12-16(7-9-19(21)35-23-10-8-18(14-26-23)29(31)32)13-27-28-22(30)15-34-20-6-2-4-17-5-3-11-25-24(17)20/h2-14H,15H2,1H3,(H,28,30)/b27-13-. The number of amides is 1. The molecule has 11 heteroatoms. The molecule has 0 aliphatic heterocycles. The molecule has 11 nitrogen and oxygen atoms in total. The maximum absolute atomic E-state index is 12.1. The predicted molar refractivity (Wildman–Crippen MR) is 127 cm³/mol. The fraction of sp³-hybridized carbons (Fsp3) is 0.0833. The molecule has 4 aromatic rings. The average Bonchev–Trinajstić information content (AvgIpc) is 2.88. The van der Waals surface area contributed by atoms with E-state index < -0.39 is 10.8 Å². The van der Waals surface area contributed by atoms with Crippen molar-refractivity contribution in [3.05, 3.63) is 88.7 Å². The molecule has 0 spiro atoms. The van der Waals surface area contributed by atoms with Crippen LogP contribution in [0, 0.1) is 10.1 Å². The van der Waals surface area contributed by atoms with E-state index in [1.807, 2.05) is 24.3 Å². The van der Waals surface area contributed by atoms with Gasteiger partial charge in [-0.1, -0.05) is 18.2 Å². The minimum absolute atomic E-state index is 0.142. The van der Waals surface area contributed by atoms with E-state index in [0.717, 1.165) is 11.6 Å². The number of pyridine rings is 2. The van der Waals surface area contributed by atoms with Gasteiger partial charge >= 0.3 is 0 Å². The highest BCUT2D eigenvalue weighted by molar-refractivity contribution is 5.86. The molecule has 1 amide bonds. The second kappa shape index (κ2) is 10.7. The number of methoxy groups -OCH3 is 1. The first-order valence-electron chi connectivity index (χ1n) is 10.3. The zero-order valence-corrected chi connectivity index (χ0v) is 18.5. The maximum atomic E-state index is 12.1. The molecule has 0 bridgehead atoms. The van der Waals surface area contributed by atoms with E-state index in [2.05, 4.69) is 20.5 Å². The van der Waals surface area contributed by atoms with E-state index in [1.54, 1.807) is 30.5 Å². The molecule has 0 saturated heterocycles. The number of nitro groups is 1. The first-order chi connectivity index (χ1) is 17.0. The van der Waals surface area contributed by atoms with Crippen LogP contribution in [0.15, 0.2) is 78.2 Å². The third kappa shape index (κ3) is 5.85. The van der Waals surface area contributed by atoms with Crippen molar-refractivity contribution in [2.24, 2.45) is 5.10 Å². The lowest BCUT2D eigenvalue weighted by Gasteiger charge is -2.10. The summed E-state index contributed by atoms with van der Waals surface area (Å²) in [5.74, 6) is 0.971. The minimum atomic E-state index is -0.544. The van der Waals surface area contributed by atoms with Gasteiger partial charge in [-0.15, -0.1) is 0 Å². The highest BCUT2D eigenvalue weighted by atomic mass is 16.6. The summed E-state index contributed by atoms with van der Waals surface area (Å²) in [5, 5.41) is 15.6. The number of nitrogens with zero attached hydrogens (tertiary/aromatic N) is 4. The first kappa shape index (κ1) is 23.1. The number of hydrogen-bond acceptors (Lipinski definition) is 9. The Morgan fingerprint density at radius 1 is 1.09 bits per heavy atom. The Labute approximate surface area is 199 Å². The average molecular weight is 473 g/mol. The van der Waals surface area contributed by atoms with Gasteiger partial charge in [-0.3, -0.25) is 19.9 Å². The molecule has 2 heterocycles. The fourth-order valence-electron chi connectivity index (χ4n) is 3.05. The molecule has 2 aromatic heterocycles. The van der Waals surface area contributed by atoms with E-state index in [0.29, 0.717) is 28.3 Å². The van der Waals surface area contributed by atoms with Gasteiger partial charge in [0.25, 0.3) is 11.6 Å². The summed E-state index contributed by atoms with van der Waals surface area (Å²) in [4.78, 5) is 30.5. The van der Waals surface area contributed by atoms with Crippen LogP contribution in [-0.2, 0) is 4.79 Å². The van der Waals surface area contributed by atoms with Crippen LogP contribution in [0.5, 0.6) is 23.1 Å². The van der Waals surface area contributed by atoms with Crippen molar-refractivity contribution in [2.75, 3.05) is 13.7 Å². The Morgan fingerprint density at radius 3 is 2.71 bits per heavy atom. The molecule has 1 N–H and O–H groups in total. The highest BCUT2D eigenvalue weighted by Crippen LogP contribution is 2.31. The van der Waals surface area contributed by atoms with Crippen molar-refractivity contribution in [1.82, 2.24) is 15.4 Å². The van der Waals surface area contributed by atoms with Crippen molar-refractivity contribution >= 4 is 28.7 Å². The number of aromatic nitrogens is 2. The number of carbonyl (C=O) groups is 1. The number of hydrogen-bond donors (Lipinski definition) is 1. The number of nitrogens with one attached hydrogen (secondary N) is 1. The van der Waals surface area contributed by atoms with Crippen molar-refractivity contribution in [3.63, 3.8) is 0 Å². The van der Waals surface area contributed by atoms with Crippen LogP contribution >= 0.6 is 0 Å². The lowest BCUT2D eigenvalue weighted by molar-refractivity contribution is -0.385. The van der Waals surface area contributed by atoms with Gasteiger partial charge in [0.15, 0.2) is 18.1 Å². The third-order valence-electron chi connectivity index (χ3n) is 4.69. The van der Waals surface area contributed by atoms with Gasteiger partial charge in [0, 0.05) is 23.7 Å². The van der Waals surface area contributed by atoms with E-state index in [9.17, 15) is 14.9 Å². The van der Waals surface area contributed by atoms with Crippen molar-refractivity contribution in [1.29, 1.82) is 0 Å². The summed E-state index contributed by atoms with van der Waals surface area (Å²) >= 11 is 0. The molecule has 0 fully saturated rings. The lowest BCUT2D eigenvalue weighted by atomic mass is 10.2. The second-order valence-corrected chi connectivity index (χ2v) is 7.04. The first-order valence-corrected chi connectivity index (χ1v) is 10.3. The van der Waals surface area contributed by atoms with Crippen LogP contribution in [0.3, 0.4) is 0 Å². The van der Waals surface area contributed by atoms with Crippen LogP contribution in [0.1, 0.15) is 5.56 Å². The van der Waals surface area contributed by atoms with Gasteiger partial charge in [-0.05, 0) is 35.9 Å². The van der Waals surface area contributed by atoms with Crippen LogP contribution in [0.4, 0.5) is 5.69 Å². The zero-order valence-electron chi connectivity index (χ0n) is 18.5. The number of rotatable bonds is 9. The van der Waals surface area contributed by atoms with Crippen LogP contribution in [-0.4, -0.2) is 40.7 Å². The monoisotopic (exact) mass is 473 g/mol. The van der Waals surface area contributed by atoms with Gasteiger partial charge in [0.05, 0.1) is 18.2 Å². The summed E-state index contributed by atoms with van der Waals surface area (Å²) in [6, 6.07) is 16.9. The molecule has 176 valence electrons. The summed E-state index contributed by atoms with van der Waals surface area (Å²) < 4.78 is 16.6. The molecule has 0 aliphatic carbocycles. The normalized spacial score (nSPS) is 10.8. The molecule has 0 atom stereocenters. The largest absolute Gasteiger partial charge is 0.493 e. The number of hydrazone groups is 1. The van der Waals surface area contributed by atoms with E-state index in [-0.39, 0.29) is 18.2 Å². The van der Waals surface area contributed by atoms with E-state index in [1.165, 1.54) is 25.5 Å². The number of ether oxygens (including phenoxy) is 3. The Morgan fingerprint density at radius 2 is 1.94 bits per heavy atom. The SMILES string of the molecule is COc1cc(/C=N\NC(=O)COc2cccc3cccnc23)ccc1Oc1ccc([N+](=O)[O-])cn1. The smallest absolute Gasteiger partial charge is 0.287 e. The topological polar surface area (TPSA) is 138 Å². The molecule has 35 heavy (non-hydrogen) atoms. The van der Waals surface area contributed by atoms with E-state index >= 15 is 0 Å². The Bertz CT molecular complexity index is 1390. The predicted octanol–water partition coefficient (Wildman–Crippen LogP) is 3.87. The van der Waals surface area contributed by atoms with Gasteiger partial charge in [-0.2, -0.15) is 5.10 Å². The fourth-order valence-corrected chi connectivity index (χ4v) is 3.05. The van der Waals surface area contributed by atoms with E-state index in [4.69, 9.17) is 14.2 Å². The lowest BCUT2D eigenvalue weighted by Crippen LogP contribution is -2.24. The van der Waals surface area contributed by atoms with Crippen molar-refractivity contribution < 1.29 is 23.9 Å². The zero-order chi connectivity index (χ0) is 24.6. The van der Waals surface area contributed by atoms with Crippen molar-refractivity contribution in [2.45, 2.75) is 0 Å². The Balaban J connectivity index is 1.34. The van der Waals surface area contributed by atoms with Gasteiger partial charge in [0.2, 0.25) is 5.88 Å². The van der Waals surface area contributed by atoms with Gasteiger partial charge in [-0.25, -0.2) is 10.4 Å². The summed E-state index contributed by atoms with van der Waals surface area (Å²) in [5.41, 5.74) is 3.56. The van der Waals surface area contributed by atoms with Crippen molar-refractivity contribution in [3.8, 4) is 23.1 Å². The quantitative estimate of drug-likeness (QED) is 0.220. The Hall–Kier alpha value is -5.06. The Kier molecular flexibility index (Phi) is 7.07. The number of para-hydroxylation sites is 1. The number of carbonyl (C=O) groups excluding carboxylic acids is 1. The molecule has 0 unspecified atom stereocenters. The van der Waals surface area contributed by atoms with Gasteiger partial charge < -0.3 is 14.2 Å². The molecule has 4 rings (SSSR count). The highest BCUT2D eigenvalue weighted by Gasteiger charge is 2.10. The summed E-state index contributed by atoms with van der Waals surface area (Å²) in [6.45, 7) is -0.231. The van der Waals surface area contributed by atoms with Crippen LogP contribution in [0.25, 0.3) is 10.9 Å². The molecule has 0 radical (unpaired) electrons. The summed E-state index contributed by atoms with van der Waals surface area (Å²) in [7, 11) is 1.47. The maximum Gasteiger partial charge on any atom is 0.287 e. The third-order valence-corrected chi connectivity index (χ3v) is 4.69. The van der Waals surface area contributed by atoms with Crippen LogP contribution < -0.4 is 19.6 Å². The molecular formula is C24H19N5O6. The molecule has 2 aromatic carbocycles. The number of fused-ring (bicyclic) bond motifs is 1. The minimum Gasteiger partial charge on any atom is -0.493 e. The van der Waals surface area contributed by atoms with Gasteiger partial charge in [0.1, 0.15) is 17.5 Å². The molecule has 0 saturated carbocycles. The molecular weight excluding hydrogens is 454 g/mol. The summed E-state index contributed by atoms with van der Waals surface area (Å²) in [6.07, 6.45) is 4.20. The van der Waals surface area contributed by atoms with Crippen LogP contribution in [0.2, 0.25) is 0 Å².